The Balaban J connectivity index is 1.41. The van der Waals surface area contributed by atoms with E-state index in [2.05, 4.69) is 9.97 Å². The second-order valence-corrected chi connectivity index (χ2v) is 8.36. The first-order chi connectivity index (χ1) is 14.4. The number of aromatic nitrogens is 2. The van der Waals surface area contributed by atoms with E-state index >= 15 is 0 Å². The van der Waals surface area contributed by atoms with Crippen LogP contribution in [-0.4, -0.2) is 39.9 Å². The van der Waals surface area contributed by atoms with Gasteiger partial charge in [-0.3, -0.25) is 4.79 Å². The van der Waals surface area contributed by atoms with Gasteiger partial charge < -0.3 is 9.64 Å². The van der Waals surface area contributed by atoms with Crippen LogP contribution in [0.25, 0.3) is 21.1 Å². The predicted molar refractivity (Wildman–Crippen MR) is 118 cm³/mol. The molecule has 4 rings (SSSR count). The van der Waals surface area contributed by atoms with Crippen LogP contribution in [0.3, 0.4) is 0 Å². The minimum Gasteiger partial charge on any atom is -0.449 e. The number of pyridine rings is 1. The number of esters is 1. The summed E-state index contributed by atoms with van der Waals surface area (Å²) in [5.41, 5.74) is 1.93. The van der Waals surface area contributed by atoms with Crippen molar-refractivity contribution in [3.8, 4) is 0 Å². The molecule has 2 aromatic carbocycles. The van der Waals surface area contributed by atoms with Crippen LogP contribution in [0.1, 0.15) is 22.3 Å². The molecule has 4 aromatic rings. The first-order valence-corrected chi connectivity index (χ1v) is 10.5. The van der Waals surface area contributed by atoms with Crippen molar-refractivity contribution in [2.75, 3.05) is 7.05 Å². The maximum Gasteiger partial charge on any atom is 0.338 e. The molecule has 152 valence electrons. The van der Waals surface area contributed by atoms with Gasteiger partial charge in [-0.05, 0) is 49.4 Å². The molecule has 0 radical (unpaired) electrons. The van der Waals surface area contributed by atoms with Gasteiger partial charge in [0.15, 0.2) is 6.10 Å². The molecule has 30 heavy (non-hydrogen) atoms. The average molecular weight is 440 g/mol. The third-order valence-electron chi connectivity index (χ3n) is 4.61. The Kier molecular flexibility index (Phi) is 5.65. The fourth-order valence-corrected chi connectivity index (χ4v) is 4.26. The smallest absolute Gasteiger partial charge is 0.338 e. The number of carbonyl (C=O) groups excluding carboxylic acids is 2. The summed E-state index contributed by atoms with van der Waals surface area (Å²) in [4.78, 5) is 35.4. The van der Waals surface area contributed by atoms with E-state index in [1.54, 1.807) is 44.3 Å². The first-order valence-electron chi connectivity index (χ1n) is 9.27. The van der Waals surface area contributed by atoms with E-state index in [0.717, 1.165) is 20.6 Å². The lowest BCUT2D eigenvalue weighted by molar-refractivity contribution is -0.139. The summed E-state index contributed by atoms with van der Waals surface area (Å²) < 4.78 is 6.46. The Morgan fingerprint density at radius 1 is 1.10 bits per heavy atom. The second-order valence-electron chi connectivity index (χ2n) is 6.86. The lowest BCUT2D eigenvalue weighted by atomic mass is 10.1. The van der Waals surface area contributed by atoms with E-state index in [1.807, 2.05) is 24.3 Å². The van der Waals surface area contributed by atoms with Crippen LogP contribution < -0.4 is 0 Å². The maximum atomic E-state index is 12.7. The number of hydrogen-bond acceptors (Lipinski definition) is 6. The number of halogens is 1. The Labute approximate surface area is 182 Å². The highest BCUT2D eigenvalue weighted by atomic mass is 35.5. The SMILES string of the molecule is CC(OC(=O)c1ccc2nc(Cl)ccc2c1)C(=O)N(C)Cc1nc2ccccc2s1. The molecule has 0 aliphatic rings. The van der Waals surface area contributed by atoms with E-state index < -0.39 is 12.1 Å². The predicted octanol–water partition coefficient (Wildman–Crippen LogP) is 4.70. The van der Waals surface area contributed by atoms with Gasteiger partial charge in [0.25, 0.3) is 5.91 Å². The van der Waals surface area contributed by atoms with Crippen LogP contribution in [0.4, 0.5) is 0 Å². The van der Waals surface area contributed by atoms with E-state index in [1.165, 1.54) is 16.2 Å². The molecule has 0 N–H and O–H groups in total. The molecular formula is C22H18ClN3O3S. The number of nitrogens with zero attached hydrogens (tertiary/aromatic N) is 3. The number of thiazole rings is 1. The highest BCUT2D eigenvalue weighted by Crippen LogP contribution is 2.23. The number of hydrogen-bond donors (Lipinski definition) is 0. The molecule has 0 aliphatic carbocycles. The van der Waals surface area contributed by atoms with Crippen LogP contribution in [-0.2, 0) is 16.1 Å². The molecule has 0 spiro atoms. The van der Waals surface area contributed by atoms with Crippen molar-refractivity contribution < 1.29 is 14.3 Å². The van der Waals surface area contributed by atoms with Gasteiger partial charge in [-0.1, -0.05) is 23.7 Å². The molecule has 2 heterocycles. The van der Waals surface area contributed by atoms with Crippen LogP contribution >= 0.6 is 22.9 Å². The van der Waals surface area contributed by atoms with Gasteiger partial charge in [-0.2, -0.15) is 0 Å². The molecule has 0 fully saturated rings. The average Bonchev–Trinajstić information content (AvgIpc) is 3.14. The zero-order valence-corrected chi connectivity index (χ0v) is 17.9. The molecule has 8 heteroatoms. The number of para-hydroxylation sites is 1. The molecular weight excluding hydrogens is 422 g/mol. The molecule has 0 saturated carbocycles. The number of carbonyl (C=O) groups is 2. The number of benzene rings is 2. The topological polar surface area (TPSA) is 72.4 Å². The van der Waals surface area contributed by atoms with Crippen molar-refractivity contribution >= 4 is 55.9 Å². The summed E-state index contributed by atoms with van der Waals surface area (Å²) in [6.07, 6.45) is -0.920. The highest BCUT2D eigenvalue weighted by Gasteiger charge is 2.23. The standard InChI is InChI=1S/C22H18ClN3O3S/c1-13(21(27)26(2)12-20-25-17-5-3-4-6-18(17)30-20)29-22(28)15-7-9-16-14(11-15)8-10-19(23)24-16/h3-11,13H,12H2,1-2H3. The Morgan fingerprint density at radius 3 is 2.70 bits per heavy atom. The first kappa shape index (κ1) is 20.3. The lowest BCUT2D eigenvalue weighted by Crippen LogP contribution is -2.37. The van der Waals surface area contributed by atoms with Crippen LogP contribution in [0.5, 0.6) is 0 Å². The van der Waals surface area contributed by atoms with Crippen LogP contribution in [0.15, 0.2) is 54.6 Å². The van der Waals surface area contributed by atoms with Gasteiger partial charge in [0.1, 0.15) is 10.2 Å². The zero-order valence-electron chi connectivity index (χ0n) is 16.3. The second kappa shape index (κ2) is 8.38. The van der Waals surface area contributed by atoms with Crippen LogP contribution in [0, 0.1) is 0 Å². The summed E-state index contributed by atoms with van der Waals surface area (Å²) in [6.45, 7) is 1.92. The van der Waals surface area contributed by atoms with Gasteiger partial charge >= 0.3 is 5.97 Å². The maximum absolute atomic E-state index is 12.7. The van der Waals surface area contributed by atoms with Gasteiger partial charge in [0.05, 0.1) is 27.8 Å². The van der Waals surface area contributed by atoms with Crippen LogP contribution in [0.2, 0.25) is 5.15 Å². The monoisotopic (exact) mass is 439 g/mol. The third kappa shape index (κ3) is 4.27. The minimum atomic E-state index is -0.920. The quantitative estimate of drug-likeness (QED) is 0.333. The number of likely N-dealkylation sites (N-methyl/N-ethyl adjacent to an activating group) is 1. The van der Waals surface area contributed by atoms with E-state index in [-0.39, 0.29) is 5.91 Å². The molecule has 1 amide bonds. The molecule has 0 saturated heterocycles. The Bertz CT molecular complexity index is 1220. The number of fused-ring (bicyclic) bond motifs is 2. The highest BCUT2D eigenvalue weighted by molar-refractivity contribution is 7.18. The third-order valence-corrected chi connectivity index (χ3v) is 5.84. The Hall–Kier alpha value is -3.03. The zero-order chi connectivity index (χ0) is 21.3. The summed E-state index contributed by atoms with van der Waals surface area (Å²) in [5, 5.41) is 1.97. The normalized spacial score (nSPS) is 12.1. The summed E-state index contributed by atoms with van der Waals surface area (Å²) in [5.74, 6) is -0.863. The fraction of sp³-hybridized carbons (Fsp3) is 0.182. The van der Waals surface area contributed by atoms with Gasteiger partial charge in [0, 0.05) is 12.4 Å². The molecule has 1 atom stereocenters. The minimum absolute atomic E-state index is 0.295. The van der Waals surface area contributed by atoms with Gasteiger partial charge in [-0.25, -0.2) is 14.8 Å². The van der Waals surface area contributed by atoms with Crippen molar-refractivity contribution in [2.24, 2.45) is 0 Å². The Morgan fingerprint density at radius 2 is 1.90 bits per heavy atom. The van der Waals surface area contributed by atoms with Crippen molar-refractivity contribution in [1.82, 2.24) is 14.9 Å². The largest absolute Gasteiger partial charge is 0.449 e. The summed E-state index contributed by atoms with van der Waals surface area (Å²) in [6, 6.07) is 16.2. The van der Waals surface area contributed by atoms with Crippen molar-refractivity contribution in [2.45, 2.75) is 19.6 Å². The molecule has 1 unspecified atom stereocenters. The summed E-state index contributed by atoms with van der Waals surface area (Å²) in [7, 11) is 1.67. The molecule has 0 bridgehead atoms. The van der Waals surface area contributed by atoms with E-state index in [4.69, 9.17) is 16.3 Å². The van der Waals surface area contributed by atoms with Gasteiger partial charge in [-0.15, -0.1) is 11.3 Å². The van der Waals surface area contributed by atoms with Crippen molar-refractivity contribution in [3.05, 3.63) is 70.3 Å². The summed E-state index contributed by atoms with van der Waals surface area (Å²) >= 11 is 7.43. The van der Waals surface area contributed by atoms with Crippen molar-refractivity contribution in [1.29, 1.82) is 0 Å². The number of rotatable bonds is 5. The van der Waals surface area contributed by atoms with Gasteiger partial charge in [0.2, 0.25) is 0 Å². The van der Waals surface area contributed by atoms with Crippen molar-refractivity contribution in [3.63, 3.8) is 0 Å². The molecule has 6 nitrogen and oxygen atoms in total. The molecule has 2 aromatic heterocycles. The van der Waals surface area contributed by atoms with E-state index in [0.29, 0.717) is 22.8 Å². The van der Waals surface area contributed by atoms with E-state index in [9.17, 15) is 9.59 Å². The fourth-order valence-electron chi connectivity index (χ4n) is 3.09. The lowest BCUT2D eigenvalue weighted by Gasteiger charge is -2.20. The number of ether oxygens (including phenoxy) is 1. The number of amides is 1. The molecule has 0 aliphatic heterocycles.